The first kappa shape index (κ1) is 6.98. The molecule has 0 aliphatic heterocycles. The fraction of sp³-hybridized carbons (Fsp3) is 0. The van der Waals surface area contributed by atoms with E-state index in [9.17, 15) is 0 Å². The zero-order chi connectivity index (χ0) is 8.23. The van der Waals surface area contributed by atoms with Crippen molar-refractivity contribution in [3.8, 4) is 11.4 Å². The molecule has 0 aliphatic rings. The summed E-state index contributed by atoms with van der Waals surface area (Å²) in [4.78, 5) is 8.23. The van der Waals surface area contributed by atoms with Crippen LogP contribution in [0.3, 0.4) is 0 Å². The van der Waals surface area contributed by atoms with Crippen LogP contribution in [0, 0.1) is 12.1 Å². The van der Waals surface area contributed by atoms with Gasteiger partial charge >= 0.3 is 0 Å². The van der Waals surface area contributed by atoms with Gasteiger partial charge in [0.1, 0.15) is 0 Å². The van der Waals surface area contributed by atoms with Crippen LogP contribution in [-0.2, 0) is 0 Å². The Morgan fingerprint density at radius 1 is 1.08 bits per heavy atom. The maximum absolute atomic E-state index is 4.14. The summed E-state index contributed by atoms with van der Waals surface area (Å²) in [6.07, 6.45) is 3.42. The van der Waals surface area contributed by atoms with Crippen molar-refractivity contribution in [1.82, 2.24) is 9.97 Å². The van der Waals surface area contributed by atoms with Crippen LogP contribution in [-0.4, -0.2) is 9.97 Å². The minimum Gasteiger partial charge on any atom is -0.255 e. The Balaban J connectivity index is 2.46. The minimum atomic E-state index is 0.734. The van der Waals surface area contributed by atoms with Crippen molar-refractivity contribution in [2.24, 2.45) is 0 Å². The average molecular weight is 154 g/mol. The summed E-state index contributed by atoms with van der Waals surface area (Å²) in [5.41, 5.74) is 1.56. The molecule has 56 valence electrons. The summed E-state index contributed by atoms with van der Waals surface area (Å²) in [5, 5.41) is 0. The highest BCUT2D eigenvalue weighted by molar-refractivity contribution is 5.51. The van der Waals surface area contributed by atoms with Crippen LogP contribution < -0.4 is 0 Å². The molecule has 0 saturated heterocycles. The van der Waals surface area contributed by atoms with Gasteiger partial charge in [0, 0.05) is 18.5 Å². The quantitative estimate of drug-likeness (QED) is 0.625. The van der Waals surface area contributed by atoms with E-state index >= 15 is 0 Å². The second kappa shape index (κ2) is 3.13. The van der Waals surface area contributed by atoms with E-state index in [4.69, 9.17) is 0 Å². The Hall–Kier alpha value is -1.70. The molecule has 0 aliphatic carbocycles. The van der Waals surface area contributed by atoms with Gasteiger partial charge in [-0.25, -0.2) is 0 Å². The van der Waals surface area contributed by atoms with Crippen LogP contribution >= 0.6 is 0 Å². The summed E-state index contributed by atoms with van der Waals surface area (Å²) >= 11 is 0. The SMILES string of the molecule is [c]1[c]c(-c2ccccn2)ncc1. The van der Waals surface area contributed by atoms with Gasteiger partial charge in [0.05, 0.1) is 11.4 Å². The molecule has 2 heteroatoms. The fourth-order valence-corrected chi connectivity index (χ4v) is 0.924. The lowest BCUT2D eigenvalue weighted by molar-refractivity contribution is 1.24. The molecule has 0 N–H and O–H groups in total. The van der Waals surface area contributed by atoms with Gasteiger partial charge in [-0.2, -0.15) is 0 Å². The largest absolute Gasteiger partial charge is 0.255 e. The Labute approximate surface area is 70.9 Å². The van der Waals surface area contributed by atoms with Crippen molar-refractivity contribution < 1.29 is 0 Å². The Morgan fingerprint density at radius 2 is 2.08 bits per heavy atom. The molecule has 0 amide bonds. The Morgan fingerprint density at radius 3 is 2.75 bits per heavy atom. The molecule has 12 heavy (non-hydrogen) atoms. The van der Waals surface area contributed by atoms with E-state index in [-0.39, 0.29) is 0 Å². The molecule has 0 bridgehead atoms. The van der Waals surface area contributed by atoms with Crippen LogP contribution in [0.5, 0.6) is 0 Å². The van der Waals surface area contributed by atoms with E-state index in [1.165, 1.54) is 0 Å². The maximum Gasteiger partial charge on any atom is 0.0971 e. The first-order valence-electron chi connectivity index (χ1n) is 3.62. The van der Waals surface area contributed by atoms with Gasteiger partial charge < -0.3 is 0 Å². The smallest absolute Gasteiger partial charge is 0.0971 e. The Bertz CT molecular complexity index is 305. The van der Waals surface area contributed by atoms with Gasteiger partial charge in [-0.05, 0) is 24.3 Å². The maximum atomic E-state index is 4.14. The second-order valence-electron chi connectivity index (χ2n) is 2.28. The van der Waals surface area contributed by atoms with Gasteiger partial charge in [0.25, 0.3) is 0 Å². The summed E-state index contributed by atoms with van der Waals surface area (Å²) in [5.74, 6) is 0. The van der Waals surface area contributed by atoms with Crippen LogP contribution in [0.4, 0.5) is 0 Å². The number of rotatable bonds is 1. The number of aromatic nitrogens is 2. The van der Waals surface area contributed by atoms with Crippen LogP contribution in [0.1, 0.15) is 0 Å². The predicted molar refractivity (Wildman–Crippen MR) is 45.1 cm³/mol. The molecule has 0 atom stereocenters. The predicted octanol–water partition coefficient (Wildman–Crippen LogP) is 1.74. The van der Waals surface area contributed by atoms with E-state index in [2.05, 4.69) is 22.1 Å². The monoisotopic (exact) mass is 154 g/mol. The van der Waals surface area contributed by atoms with Gasteiger partial charge in [-0.3, -0.25) is 9.97 Å². The lowest BCUT2D eigenvalue weighted by atomic mass is 10.2. The molecule has 2 aromatic heterocycles. The molecular weight excluding hydrogens is 148 g/mol. The van der Waals surface area contributed by atoms with Crippen LogP contribution in [0.2, 0.25) is 0 Å². The molecular formula is C10H6N2. The van der Waals surface area contributed by atoms with E-state index in [1.807, 2.05) is 18.2 Å². The lowest BCUT2D eigenvalue weighted by Crippen LogP contribution is -1.84. The zero-order valence-corrected chi connectivity index (χ0v) is 6.36. The number of hydrogen-bond donors (Lipinski definition) is 0. The third kappa shape index (κ3) is 1.32. The molecule has 2 rings (SSSR count). The molecule has 0 unspecified atom stereocenters. The fourth-order valence-electron chi connectivity index (χ4n) is 0.924. The van der Waals surface area contributed by atoms with Crippen molar-refractivity contribution in [3.05, 3.63) is 48.8 Å². The highest BCUT2D eigenvalue weighted by Gasteiger charge is 1.96. The molecule has 0 aromatic carbocycles. The van der Waals surface area contributed by atoms with Crippen LogP contribution in [0.25, 0.3) is 11.4 Å². The molecule has 2 aromatic rings. The van der Waals surface area contributed by atoms with Crippen molar-refractivity contribution in [2.45, 2.75) is 0 Å². The third-order valence-corrected chi connectivity index (χ3v) is 1.46. The topological polar surface area (TPSA) is 25.8 Å². The third-order valence-electron chi connectivity index (χ3n) is 1.46. The van der Waals surface area contributed by atoms with E-state index in [0.717, 1.165) is 11.4 Å². The molecule has 2 radical (unpaired) electrons. The van der Waals surface area contributed by atoms with E-state index < -0.39 is 0 Å². The zero-order valence-electron chi connectivity index (χ0n) is 6.36. The number of nitrogens with zero attached hydrogens (tertiary/aromatic N) is 2. The van der Waals surface area contributed by atoms with Crippen LogP contribution in [0.15, 0.2) is 36.7 Å². The van der Waals surface area contributed by atoms with Crippen molar-refractivity contribution in [2.75, 3.05) is 0 Å². The summed E-state index contributed by atoms with van der Waals surface area (Å²) in [6, 6.07) is 13.1. The summed E-state index contributed by atoms with van der Waals surface area (Å²) < 4.78 is 0. The van der Waals surface area contributed by atoms with Crippen molar-refractivity contribution in [1.29, 1.82) is 0 Å². The molecule has 0 spiro atoms. The lowest BCUT2D eigenvalue weighted by Gasteiger charge is -1.95. The molecule has 2 heterocycles. The van der Waals surface area contributed by atoms with Crippen molar-refractivity contribution >= 4 is 0 Å². The van der Waals surface area contributed by atoms with Gasteiger partial charge in [-0.1, -0.05) is 6.07 Å². The second-order valence-corrected chi connectivity index (χ2v) is 2.28. The normalized spacial score (nSPS) is 9.67. The highest BCUT2D eigenvalue weighted by Crippen LogP contribution is 2.09. The minimum absolute atomic E-state index is 0.734. The molecule has 2 nitrogen and oxygen atoms in total. The van der Waals surface area contributed by atoms with Gasteiger partial charge in [0.15, 0.2) is 0 Å². The molecule has 0 saturated carbocycles. The van der Waals surface area contributed by atoms with E-state index in [0.29, 0.717) is 0 Å². The summed E-state index contributed by atoms with van der Waals surface area (Å²) in [7, 11) is 0. The highest BCUT2D eigenvalue weighted by atomic mass is 14.7. The van der Waals surface area contributed by atoms with E-state index in [1.54, 1.807) is 18.5 Å². The molecule has 0 fully saturated rings. The average Bonchev–Trinajstić information content (AvgIpc) is 2.21. The van der Waals surface area contributed by atoms with Crippen molar-refractivity contribution in [3.63, 3.8) is 0 Å². The van der Waals surface area contributed by atoms with Gasteiger partial charge in [-0.15, -0.1) is 0 Å². The summed E-state index contributed by atoms with van der Waals surface area (Å²) in [6.45, 7) is 0. The Kier molecular flexibility index (Phi) is 1.82. The standard InChI is InChI=1S/C10H6N2/c1-3-7-11-9(5-1)10-6-2-4-8-12-10/h1,3-5,7-8H. The number of pyridine rings is 2. The first-order chi connectivity index (χ1) is 5.97. The number of hydrogen-bond acceptors (Lipinski definition) is 2. The van der Waals surface area contributed by atoms with Gasteiger partial charge in [0.2, 0.25) is 0 Å². The first-order valence-corrected chi connectivity index (χ1v) is 3.62.